The number of H-pyrrole nitrogens is 1. The van der Waals surface area contributed by atoms with Crippen LogP contribution in [-0.4, -0.2) is 23.5 Å². The van der Waals surface area contributed by atoms with Gasteiger partial charge in [-0.15, -0.1) is 0 Å². The molecular formula is C15H12FN3O2. The van der Waals surface area contributed by atoms with Crippen LogP contribution in [-0.2, 0) is 9.59 Å². The molecule has 0 saturated heterocycles. The Labute approximate surface area is 119 Å². The summed E-state index contributed by atoms with van der Waals surface area (Å²) in [5, 5.41) is 5.17. The van der Waals surface area contributed by atoms with E-state index in [9.17, 15) is 14.0 Å². The summed E-state index contributed by atoms with van der Waals surface area (Å²) in [6.07, 6.45) is 3.49. The second-order valence-electron chi connectivity index (χ2n) is 4.58. The van der Waals surface area contributed by atoms with E-state index in [1.165, 1.54) is 0 Å². The van der Waals surface area contributed by atoms with Crippen molar-refractivity contribution in [3.8, 4) is 0 Å². The molecule has 2 amide bonds. The van der Waals surface area contributed by atoms with Crippen LogP contribution >= 0.6 is 0 Å². The van der Waals surface area contributed by atoms with Gasteiger partial charge in [-0.05, 0) is 36.4 Å². The first-order valence-corrected chi connectivity index (χ1v) is 6.34. The number of aromatic amines is 1. The molecule has 0 fully saturated rings. The molecule has 0 atom stereocenters. The third-order valence-corrected chi connectivity index (χ3v) is 3.13. The number of alkyl halides is 1. The van der Waals surface area contributed by atoms with E-state index in [4.69, 9.17) is 0 Å². The Morgan fingerprint density at radius 3 is 2.90 bits per heavy atom. The smallest absolute Gasteiger partial charge is 0.256 e. The monoisotopic (exact) mass is 285 g/mol. The van der Waals surface area contributed by atoms with E-state index in [1.54, 1.807) is 30.5 Å². The van der Waals surface area contributed by atoms with Crippen molar-refractivity contribution in [2.24, 2.45) is 0 Å². The predicted octanol–water partition coefficient (Wildman–Crippen LogP) is 2.42. The predicted molar refractivity (Wildman–Crippen MR) is 78.3 cm³/mol. The molecule has 1 aromatic heterocycles. The van der Waals surface area contributed by atoms with E-state index < -0.39 is 12.6 Å². The molecule has 6 heteroatoms. The highest BCUT2D eigenvalue weighted by Crippen LogP contribution is 2.34. The fourth-order valence-electron chi connectivity index (χ4n) is 2.19. The van der Waals surface area contributed by atoms with Crippen LogP contribution in [0.2, 0.25) is 0 Å². The van der Waals surface area contributed by atoms with Crippen LogP contribution in [0.3, 0.4) is 0 Å². The van der Waals surface area contributed by atoms with Crippen molar-refractivity contribution in [2.45, 2.75) is 0 Å². The molecule has 106 valence electrons. The van der Waals surface area contributed by atoms with E-state index in [0.29, 0.717) is 22.5 Å². The number of hydrogen-bond acceptors (Lipinski definition) is 2. The summed E-state index contributed by atoms with van der Waals surface area (Å²) >= 11 is 0. The Balaban J connectivity index is 1.98. The molecule has 0 aliphatic carbocycles. The molecule has 0 radical (unpaired) electrons. The molecule has 1 aliphatic rings. The number of rotatable bonds is 3. The van der Waals surface area contributed by atoms with E-state index in [1.807, 2.05) is 12.1 Å². The van der Waals surface area contributed by atoms with Crippen LogP contribution in [0.5, 0.6) is 0 Å². The molecule has 5 nitrogen and oxygen atoms in total. The van der Waals surface area contributed by atoms with Crippen molar-refractivity contribution < 1.29 is 14.0 Å². The quantitative estimate of drug-likeness (QED) is 0.758. The lowest BCUT2D eigenvalue weighted by Crippen LogP contribution is -2.12. The molecule has 0 spiro atoms. The average molecular weight is 285 g/mol. The number of fused-ring (bicyclic) bond motifs is 1. The first-order chi connectivity index (χ1) is 10.2. The van der Waals surface area contributed by atoms with Crippen molar-refractivity contribution in [3.63, 3.8) is 0 Å². The zero-order chi connectivity index (χ0) is 14.8. The van der Waals surface area contributed by atoms with Gasteiger partial charge in [0.1, 0.15) is 0 Å². The fraction of sp³-hybridized carbons (Fsp3) is 0.0667. The van der Waals surface area contributed by atoms with Crippen LogP contribution in [0.15, 0.2) is 36.5 Å². The number of hydrogen-bond donors (Lipinski definition) is 3. The zero-order valence-electron chi connectivity index (χ0n) is 10.9. The molecule has 0 bridgehead atoms. The number of anilines is 2. The molecule has 2 aromatic rings. The third kappa shape index (κ3) is 2.55. The SMILES string of the molecule is O=C(CF)Nc1ccc2c(c1)/C(=C/c1ccc[nH]1)C(=O)N2. The first kappa shape index (κ1) is 13.1. The fourth-order valence-corrected chi connectivity index (χ4v) is 2.19. The number of carbonyl (C=O) groups excluding carboxylic acids is 2. The van der Waals surface area contributed by atoms with Crippen molar-refractivity contribution in [1.29, 1.82) is 0 Å². The van der Waals surface area contributed by atoms with Gasteiger partial charge in [-0.2, -0.15) is 0 Å². The Morgan fingerprint density at radius 1 is 1.33 bits per heavy atom. The second kappa shape index (κ2) is 5.24. The summed E-state index contributed by atoms with van der Waals surface area (Å²) in [6.45, 7) is -1.08. The molecule has 0 unspecified atom stereocenters. The molecular weight excluding hydrogens is 273 g/mol. The summed E-state index contributed by atoms with van der Waals surface area (Å²) in [4.78, 5) is 26.1. The Kier molecular flexibility index (Phi) is 3.27. The number of benzene rings is 1. The van der Waals surface area contributed by atoms with E-state index in [0.717, 1.165) is 5.69 Å². The maximum absolute atomic E-state index is 12.2. The Morgan fingerprint density at radius 2 is 2.19 bits per heavy atom. The molecule has 1 aromatic carbocycles. The number of nitrogens with one attached hydrogen (secondary N) is 3. The van der Waals surface area contributed by atoms with Crippen LogP contribution in [0.4, 0.5) is 15.8 Å². The van der Waals surface area contributed by atoms with Crippen molar-refractivity contribution >= 4 is 34.8 Å². The summed E-state index contributed by atoms with van der Waals surface area (Å²) in [5.74, 6) is -0.935. The standard InChI is InChI=1S/C15H12FN3O2/c16-8-14(20)18-10-3-4-13-11(7-10)12(15(21)19-13)6-9-2-1-5-17-9/h1-7,17H,8H2,(H,18,20)(H,19,21)/b12-6-. The van der Waals surface area contributed by atoms with Crippen LogP contribution in [0.25, 0.3) is 11.6 Å². The number of aromatic nitrogens is 1. The van der Waals surface area contributed by atoms with E-state index >= 15 is 0 Å². The third-order valence-electron chi connectivity index (χ3n) is 3.13. The lowest BCUT2D eigenvalue weighted by Gasteiger charge is -2.05. The minimum atomic E-state index is -1.08. The van der Waals surface area contributed by atoms with Gasteiger partial charge in [0.2, 0.25) is 0 Å². The van der Waals surface area contributed by atoms with E-state index in [2.05, 4.69) is 15.6 Å². The van der Waals surface area contributed by atoms with Gasteiger partial charge in [0.05, 0.1) is 5.57 Å². The summed E-state index contributed by atoms with van der Waals surface area (Å²) in [5.41, 5.74) is 3.07. The second-order valence-corrected chi connectivity index (χ2v) is 4.58. The first-order valence-electron chi connectivity index (χ1n) is 6.34. The largest absolute Gasteiger partial charge is 0.362 e. The number of carbonyl (C=O) groups is 2. The highest BCUT2D eigenvalue weighted by molar-refractivity contribution is 6.35. The Bertz CT molecular complexity index is 735. The van der Waals surface area contributed by atoms with Gasteiger partial charge in [0, 0.05) is 28.8 Å². The molecule has 3 N–H and O–H groups in total. The van der Waals surface area contributed by atoms with Crippen LogP contribution < -0.4 is 10.6 Å². The summed E-state index contributed by atoms with van der Waals surface area (Å²) in [7, 11) is 0. The molecule has 1 aliphatic heterocycles. The molecule has 3 rings (SSSR count). The number of halogens is 1. The summed E-state index contributed by atoms with van der Waals surface area (Å²) < 4.78 is 12.2. The van der Waals surface area contributed by atoms with Gasteiger partial charge in [-0.25, -0.2) is 4.39 Å². The van der Waals surface area contributed by atoms with Gasteiger partial charge in [-0.3, -0.25) is 9.59 Å². The highest BCUT2D eigenvalue weighted by atomic mass is 19.1. The lowest BCUT2D eigenvalue weighted by molar-refractivity contribution is -0.117. The highest BCUT2D eigenvalue weighted by Gasteiger charge is 2.24. The van der Waals surface area contributed by atoms with Crippen molar-refractivity contribution in [1.82, 2.24) is 4.98 Å². The van der Waals surface area contributed by atoms with Crippen molar-refractivity contribution in [3.05, 3.63) is 47.8 Å². The van der Waals surface area contributed by atoms with Gasteiger partial charge in [-0.1, -0.05) is 0 Å². The number of amides is 2. The zero-order valence-corrected chi connectivity index (χ0v) is 10.9. The summed E-state index contributed by atoms with van der Waals surface area (Å²) in [6, 6.07) is 8.61. The maximum atomic E-state index is 12.2. The van der Waals surface area contributed by atoms with E-state index in [-0.39, 0.29) is 5.91 Å². The van der Waals surface area contributed by atoms with Crippen molar-refractivity contribution in [2.75, 3.05) is 17.3 Å². The molecule has 2 heterocycles. The Hall–Kier alpha value is -2.89. The van der Waals surface area contributed by atoms with Crippen LogP contribution in [0.1, 0.15) is 11.3 Å². The topological polar surface area (TPSA) is 74.0 Å². The van der Waals surface area contributed by atoms with Gasteiger partial charge >= 0.3 is 0 Å². The van der Waals surface area contributed by atoms with Crippen LogP contribution in [0, 0.1) is 0 Å². The molecule has 21 heavy (non-hydrogen) atoms. The molecule has 0 saturated carbocycles. The van der Waals surface area contributed by atoms with Gasteiger partial charge in [0.15, 0.2) is 6.67 Å². The maximum Gasteiger partial charge on any atom is 0.256 e. The average Bonchev–Trinajstić information content (AvgIpc) is 3.08. The minimum Gasteiger partial charge on any atom is -0.362 e. The lowest BCUT2D eigenvalue weighted by atomic mass is 10.1. The van der Waals surface area contributed by atoms with Gasteiger partial charge in [0.25, 0.3) is 11.8 Å². The minimum absolute atomic E-state index is 0.214. The normalized spacial score (nSPS) is 14.9. The van der Waals surface area contributed by atoms with Gasteiger partial charge < -0.3 is 15.6 Å².